The molecule has 3 heteroatoms. The lowest BCUT2D eigenvalue weighted by atomic mass is 9.95. The van der Waals surface area contributed by atoms with Crippen LogP contribution in [0.4, 0.5) is 0 Å². The van der Waals surface area contributed by atoms with Gasteiger partial charge in [0.05, 0.1) is 0 Å². The molecule has 3 nitrogen and oxygen atoms in total. The Morgan fingerprint density at radius 2 is 2.06 bits per heavy atom. The monoisotopic (exact) mass is 235 g/mol. The highest BCUT2D eigenvalue weighted by molar-refractivity contribution is 5.18. The lowest BCUT2D eigenvalue weighted by Gasteiger charge is -2.40. The highest BCUT2D eigenvalue weighted by Gasteiger charge is 2.28. The molecule has 96 valence electrons. The molecule has 1 aromatic heterocycles. The molecule has 17 heavy (non-hydrogen) atoms. The van der Waals surface area contributed by atoms with Crippen LogP contribution >= 0.6 is 0 Å². The number of likely N-dealkylation sites (N-methyl/N-ethyl adjacent to an activating group) is 1. The van der Waals surface area contributed by atoms with Crippen molar-refractivity contribution >= 4 is 0 Å². The molecule has 0 saturated heterocycles. The van der Waals surface area contributed by atoms with Gasteiger partial charge in [-0.25, -0.2) is 0 Å². The molecule has 0 fully saturated rings. The zero-order chi connectivity index (χ0) is 13.1. The number of nitrogens with zero attached hydrogens (tertiary/aromatic N) is 2. The molecule has 0 aliphatic rings. The second-order valence-corrected chi connectivity index (χ2v) is 5.26. The fraction of sp³-hybridized carbons (Fsp3) is 0.643. The van der Waals surface area contributed by atoms with E-state index in [1.165, 1.54) is 5.56 Å². The van der Waals surface area contributed by atoms with Crippen molar-refractivity contribution in [1.82, 2.24) is 9.88 Å². The van der Waals surface area contributed by atoms with E-state index in [2.05, 4.69) is 43.8 Å². The largest absolute Gasteiger partial charge is 0.329 e. The van der Waals surface area contributed by atoms with Crippen LogP contribution in [-0.4, -0.2) is 29.0 Å². The number of rotatable bonds is 5. The van der Waals surface area contributed by atoms with Crippen molar-refractivity contribution in [3.63, 3.8) is 0 Å². The van der Waals surface area contributed by atoms with E-state index < -0.39 is 0 Å². The first kappa shape index (κ1) is 14.1. The van der Waals surface area contributed by atoms with Gasteiger partial charge >= 0.3 is 0 Å². The third-order valence-electron chi connectivity index (χ3n) is 3.83. The molecule has 0 amide bonds. The van der Waals surface area contributed by atoms with Crippen molar-refractivity contribution in [3.05, 3.63) is 29.6 Å². The molecule has 0 aromatic carbocycles. The van der Waals surface area contributed by atoms with Crippen LogP contribution in [0.2, 0.25) is 0 Å². The van der Waals surface area contributed by atoms with Gasteiger partial charge in [0.25, 0.3) is 0 Å². The van der Waals surface area contributed by atoms with Crippen LogP contribution in [0.5, 0.6) is 0 Å². The number of aryl methyl sites for hydroxylation is 1. The molecule has 0 saturated carbocycles. The molecular weight excluding hydrogens is 210 g/mol. The van der Waals surface area contributed by atoms with Gasteiger partial charge in [-0.2, -0.15) is 0 Å². The van der Waals surface area contributed by atoms with Gasteiger partial charge in [-0.05, 0) is 45.9 Å². The van der Waals surface area contributed by atoms with Crippen molar-refractivity contribution in [2.24, 2.45) is 5.73 Å². The molecule has 0 bridgehead atoms. The number of aromatic nitrogens is 1. The number of pyridine rings is 1. The van der Waals surface area contributed by atoms with E-state index in [4.69, 9.17) is 5.73 Å². The average Bonchev–Trinajstić information content (AvgIpc) is 2.32. The molecule has 2 N–H and O–H groups in total. The van der Waals surface area contributed by atoms with Crippen LogP contribution in [0.25, 0.3) is 0 Å². The first-order valence-corrected chi connectivity index (χ1v) is 6.28. The zero-order valence-electron chi connectivity index (χ0n) is 11.7. The lowest BCUT2D eigenvalue weighted by molar-refractivity contribution is 0.100. The molecular formula is C14H25N3. The maximum atomic E-state index is 5.93. The quantitative estimate of drug-likeness (QED) is 0.852. The summed E-state index contributed by atoms with van der Waals surface area (Å²) in [5.41, 5.74) is 8.31. The summed E-state index contributed by atoms with van der Waals surface area (Å²) in [5, 5.41) is 0. The number of hydrogen-bond acceptors (Lipinski definition) is 3. The van der Waals surface area contributed by atoms with Crippen LogP contribution in [0.15, 0.2) is 18.3 Å². The van der Waals surface area contributed by atoms with E-state index in [0.717, 1.165) is 12.1 Å². The van der Waals surface area contributed by atoms with Gasteiger partial charge in [-0.1, -0.05) is 13.0 Å². The predicted octanol–water partition coefficient (Wildman–Crippen LogP) is 2.51. The van der Waals surface area contributed by atoms with Crippen molar-refractivity contribution in [3.8, 4) is 0 Å². The SMILES string of the molecule is CCC(C)(C)N(C)C(CN)c1ccc(C)nc1. The second kappa shape index (κ2) is 5.61. The van der Waals surface area contributed by atoms with E-state index in [-0.39, 0.29) is 11.6 Å². The first-order chi connectivity index (χ1) is 7.92. The lowest BCUT2D eigenvalue weighted by Crippen LogP contribution is -2.45. The van der Waals surface area contributed by atoms with Crippen LogP contribution in [-0.2, 0) is 0 Å². The fourth-order valence-corrected chi connectivity index (χ4v) is 1.87. The van der Waals surface area contributed by atoms with Gasteiger partial charge < -0.3 is 5.73 Å². The molecule has 1 atom stereocenters. The Labute approximate surface area is 105 Å². The summed E-state index contributed by atoms with van der Waals surface area (Å²) in [6, 6.07) is 4.41. The summed E-state index contributed by atoms with van der Waals surface area (Å²) >= 11 is 0. The van der Waals surface area contributed by atoms with Crippen molar-refractivity contribution in [1.29, 1.82) is 0 Å². The van der Waals surface area contributed by atoms with Crippen LogP contribution in [0.3, 0.4) is 0 Å². The Morgan fingerprint density at radius 1 is 1.41 bits per heavy atom. The first-order valence-electron chi connectivity index (χ1n) is 6.28. The third kappa shape index (κ3) is 3.27. The van der Waals surface area contributed by atoms with Gasteiger partial charge in [0, 0.05) is 30.0 Å². The van der Waals surface area contributed by atoms with E-state index in [1.54, 1.807) is 0 Å². The highest BCUT2D eigenvalue weighted by atomic mass is 15.2. The van der Waals surface area contributed by atoms with Gasteiger partial charge in [-0.3, -0.25) is 9.88 Å². The standard InChI is InChI=1S/C14H25N3/c1-6-14(3,4)17(5)13(9-15)12-8-7-11(2)16-10-12/h7-8,10,13H,6,9,15H2,1-5H3. The van der Waals surface area contributed by atoms with Gasteiger partial charge in [-0.15, -0.1) is 0 Å². The topological polar surface area (TPSA) is 42.1 Å². The Hall–Kier alpha value is -0.930. The minimum absolute atomic E-state index is 0.148. The predicted molar refractivity (Wildman–Crippen MR) is 72.9 cm³/mol. The van der Waals surface area contributed by atoms with E-state index >= 15 is 0 Å². The molecule has 0 aliphatic carbocycles. The second-order valence-electron chi connectivity index (χ2n) is 5.26. The van der Waals surface area contributed by atoms with Crippen LogP contribution < -0.4 is 5.73 Å². The average molecular weight is 235 g/mol. The Bertz CT molecular complexity index is 343. The zero-order valence-corrected chi connectivity index (χ0v) is 11.7. The Morgan fingerprint density at radius 3 is 2.47 bits per heavy atom. The molecule has 1 unspecified atom stereocenters. The Balaban J connectivity index is 2.95. The van der Waals surface area contributed by atoms with E-state index in [0.29, 0.717) is 6.54 Å². The fourth-order valence-electron chi connectivity index (χ4n) is 1.87. The van der Waals surface area contributed by atoms with Crippen molar-refractivity contribution < 1.29 is 0 Å². The molecule has 0 radical (unpaired) electrons. The maximum Gasteiger partial charge on any atom is 0.0487 e. The van der Waals surface area contributed by atoms with Gasteiger partial charge in [0.2, 0.25) is 0 Å². The highest BCUT2D eigenvalue weighted by Crippen LogP contribution is 2.27. The Kier molecular flexibility index (Phi) is 4.66. The van der Waals surface area contributed by atoms with Gasteiger partial charge in [0.15, 0.2) is 0 Å². The minimum Gasteiger partial charge on any atom is -0.329 e. The summed E-state index contributed by atoms with van der Waals surface area (Å²) in [7, 11) is 2.14. The van der Waals surface area contributed by atoms with E-state index in [1.807, 2.05) is 19.2 Å². The molecule has 1 aromatic rings. The summed E-state index contributed by atoms with van der Waals surface area (Å²) in [4.78, 5) is 6.70. The summed E-state index contributed by atoms with van der Waals surface area (Å²) in [6.07, 6.45) is 3.04. The van der Waals surface area contributed by atoms with Crippen molar-refractivity contribution in [2.75, 3.05) is 13.6 Å². The number of nitrogens with two attached hydrogens (primary N) is 1. The van der Waals surface area contributed by atoms with Gasteiger partial charge in [0.1, 0.15) is 0 Å². The smallest absolute Gasteiger partial charge is 0.0487 e. The normalized spacial score (nSPS) is 14.1. The molecule has 0 aliphatic heterocycles. The van der Waals surface area contributed by atoms with Crippen molar-refractivity contribution in [2.45, 2.75) is 45.7 Å². The summed E-state index contributed by atoms with van der Waals surface area (Å²) in [5.74, 6) is 0. The third-order valence-corrected chi connectivity index (χ3v) is 3.83. The minimum atomic E-state index is 0.148. The maximum absolute atomic E-state index is 5.93. The molecule has 1 heterocycles. The van der Waals surface area contributed by atoms with Crippen LogP contribution in [0.1, 0.15) is 44.5 Å². The number of hydrogen-bond donors (Lipinski definition) is 1. The molecule has 1 rings (SSSR count). The summed E-state index contributed by atoms with van der Waals surface area (Å²) in [6.45, 7) is 9.32. The van der Waals surface area contributed by atoms with E-state index in [9.17, 15) is 0 Å². The van der Waals surface area contributed by atoms with Crippen LogP contribution in [0, 0.1) is 6.92 Å². The summed E-state index contributed by atoms with van der Waals surface area (Å²) < 4.78 is 0. The molecule has 0 spiro atoms.